The molecular weight excluding hydrogens is 246 g/mol. The summed E-state index contributed by atoms with van der Waals surface area (Å²) in [5, 5.41) is 15.3. The van der Waals surface area contributed by atoms with Crippen molar-refractivity contribution in [1.82, 2.24) is 9.78 Å². The fourth-order valence-corrected chi connectivity index (χ4v) is 2.97. The summed E-state index contributed by atoms with van der Waals surface area (Å²) < 4.78 is 1.49. The lowest BCUT2D eigenvalue weighted by Crippen LogP contribution is -2.43. The fraction of sp³-hybridized carbons (Fsp3) is 0.750. The summed E-state index contributed by atoms with van der Waals surface area (Å²) in [6.45, 7) is 0.621. The molecule has 0 bridgehead atoms. The molecule has 2 unspecified atom stereocenters. The van der Waals surface area contributed by atoms with E-state index in [1.807, 2.05) is 11.9 Å². The quantitative estimate of drug-likeness (QED) is 0.655. The van der Waals surface area contributed by atoms with Gasteiger partial charge in [-0.3, -0.25) is 14.8 Å². The van der Waals surface area contributed by atoms with Crippen molar-refractivity contribution in [3.63, 3.8) is 0 Å². The van der Waals surface area contributed by atoms with E-state index in [-0.39, 0.29) is 16.7 Å². The Balaban J connectivity index is 2.27. The van der Waals surface area contributed by atoms with Crippen LogP contribution in [0.4, 0.5) is 11.5 Å². The van der Waals surface area contributed by atoms with Crippen LogP contribution in [0.15, 0.2) is 6.20 Å². The van der Waals surface area contributed by atoms with Gasteiger partial charge in [0.25, 0.3) is 0 Å². The van der Waals surface area contributed by atoms with Crippen LogP contribution in [0.25, 0.3) is 0 Å². The summed E-state index contributed by atoms with van der Waals surface area (Å²) in [6.07, 6.45) is 5.90. The molecule has 1 aromatic rings. The Morgan fingerprint density at radius 3 is 2.89 bits per heavy atom. The van der Waals surface area contributed by atoms with E-state index in [2.05, 4.69) is 5.10 Å². The first-order valence-corrected chi connectivity index (χ1v) is 6.65. The molecule has 0 amide bonds. The van der Waals surface area contributed by atoms with E-state index < -0.39 is 0 Å². The van der Waals surface area contributed by atoms with Crippen LogP contribution in [-0.2, 0) is 7.05 Å². The molecule has 7 heteroatoms. The summed E-state index contributed by atoms with van der Waals surface area (Å²) in [5.41, 5.74) is 5.89. The Bertz CT molecular complexity index is 459. The Labute approximate surface area is 112 Å². The zero-order valence-electron chi connectivity index (χ0n) is 11.5. The van der Waals surface area contributed by atoms with Gasteiger partial charge in [-0.25, -0.2) is 0 Å². The van der Waals surface area contributed by atoms with Crippen LogP contribution in [0.5, 0.6) is 0 Å². The van der Waals surface area contributed by atoms with Crippen LogP contribution in [0, 0.1) is 16.0 Å². The fourth-order valence-electron chi connectivity index (χ4n) is 2.97. The molecule has 1 aromatic heterocycles. The zero-order chi connectivity index (χ0) is 14.0. The van der Waals surface area contributed by atoms with Gasteiger partial charge in [-0.05, 0) is 25.3 Å². The van der Waals surface area contributed by atoms with Crippen LogP contribution < -0.4 is 10.6 Å². The predicted molar refractivity (Wildman–Crippen MR) is 73.1 cm³/mol. The molecule has 1 heterocycles. The molecule has 1 aliphatic carbocycles. The van der Waals surface area contributed by atoms with Crippen molar-refractivity contribution in [2.75, 3.05) is 18.5 Å². The minimum atomic E-state index is -0.376. The molecule has 2 N–H and O–H groups in total. The van der Waals surface area contributed by atoms with Gasteiger partial charge in [0.05, 0.1) is 4.92 Å². The third kappa shape index (κ3) is 2.70. The molecule has 0 spiro atoms. The maximum atomic E-state index is 11.1. The molecular formula is C12H21N5O2. The third-order valence-corrected chi connectivity index (χ3v) is 3.99. The minimum Gasteiger partial charge on any atom is -0.349 e. The molecule has 2 atom stereocenters. The van der Waals surface area contributed by atoms with E-state index in [0.717, 1.165) is 19.3 Å². The highest BCUT2D eigenvalue weighted by Crippen LogP contribution is 2.33. The van der Waals surface area contributed by atoms with Gasteiger partial charge in [-0.15, -0.1) is 5.10 Å². The topological polar surface area (TPSA) is 90.2 Å². The molecule has 1 saturated carbocycles. The number of nitro groups is 1. The van der Waals surface area contributed by atoms with Crippen molar-refractivity contribution >= 4 is 11.5 Å². The van der Waals surface area contributed by atoms with E-state index in [1.165, 1.54) is 17.3 Å². The molecule has 19 heavy (non-hydrogen) atoms. The van der Waals surface area contributed by atoms with Crippen LogP contribution in [0.2, 0.25) is 0 Å². The molecule has 0 aromatic carbocycles. The lowest BCUT2D eigenvalue weighted by atomic mass is 9.84. The van der Waals surface area contributed by atoms with Crippen molar-refractivity contribution in [2.45, 2.75) is 31.7 Å². The maximum Gasteiger partial charge on any atom is 0.330 e. The van der Waals surface area contributed by atoms with E-state index in [1.54, 1.807) is 7.05 Å². The van der Waals surface area contributed by atoms with Gasteiger partial charge in [-0.1, -0.05) is 12.8 Å². The van der Waals surface area contributed by atoms with Crippen LogP contribution in [-0.4, -0.2) is 34.3 Å². The average molecular weight is 267 g/mol. The summed E-state index contributed by atoms with van der Waals surface area (Å²) in [4.78, 5) is 12.6. The largest absolute Gasteiger partial charge is 0.349 e. The summed E-state index contributed by atoms with van der Waals surface area (Å²) in [5.74, 6) is 0.832. The summed E-state index contributed by atoms with van der Waals surface area (Å²) >= 11 is 0. The number of nitrogens with zero attached hydrogens (tertiary/aromatic N) is 4. The number of nitrogens with two attached hydrogens (primary N) is 1. The van der Waals surface area contributed by atoms with Gasteiger partial charge in [0.2, 0.25) is 5.82 Å². The first kappa shape index (κ1) is 13.8. The Morgan fingerprint density at radius 2 is 2.26 bits per heavy atom. The van der Waals surface area contributed by atoms with Gasteiger partial charge in [0.15, 0.2) is 0 Å². The number of hydrogen-bond donors (Lipinski definition) is 1. The van der Waals surface area contributed by atoms with Gasteiger partial charge in [0, 0.05) is 20.1 Å². The van der Waals surface area contributed by atoms with Gasteiger partial charge in [0.1, 0.15) is 6.20 Å². The van der Waals surface area contributed by atoms with Gasteiger partial charge in [-0.2, -0.15) is 0 Å². The van der Waals surface area contributed by atoms with E-state index >= 15 is 0 Å². The summed E-state index contributed by atoms with van der Waals surface area (Å²) in [6, 6.07) is 0.243. The first-order valence-electron chi connectivity index (χ1n) is 6.65. The van der Waals surface area contributed by atoms with Crippen molar-refractivity contribution in [2.24, 2.45) is 18.7 Å². The molecule has 7 nitrogen and oxygen atoms in total. The highest BCUT2D eigenvalue weighted by atomic mass is 16.6. The SMILES string of the molecule is CN(c1nn(C)cc1[N+](=O)[O-])C1CCCCC1CN. The molecule has 1 fully saturated rings. The maximum absolute atomic E-state index is 11.1. The number of rotatable bonds is 4. The van der Waals surface area contributed by atoms with Crippen molar-refractivity contribution < 1.29 is 4.92 Å². The second kappa shape index (κ2) is 5.56. The highest BCUT2D eigenvalue weighted by Gasteiger charge is 2.32. The molecule has 0 aliphatic heterocycles. The molecule has 2 rings (SSSR count). The third-order valence-electron chi connectivity index (χ3n) is 3.99. The van der Waals surface area contributed by atoms with E-state index in [4.69, 9.17) is 5.73 Å². The smallest absolute Gasteiger partial charge is 0.330 e. The lowest BCUT2D eigenvalue weighted by molar-refractivity contribution is -0.384. The van der Waals surface area contributed by atoms with Crippen molar-refractivity contribution in [1.29, 1.82) is 0 Å². The molecule has 1 aliphatic rings. The molecule has 0 radical (unpaired) electrons. The predicted octanol–water partition coefficient (Wildman–Crippen LogP) is 1.28. The average Bonchev–Trinajstić information content (AvgIpc) is 2.80. The number of hydrogen-bond acceptors (Lipinski definition) is 5. The first-order chi connectivity index (χ1) is 9.04. The highest BCUT2D eigenvalue weighted by molar-refractivity contribution is 5.57. The second-order valence-electron chi connectivity index (χ2n) is 5.23. The van der Waals surface area contributed by atoms with Gasteiger partial charge < -0.3 is 10.6 Å². The molecule has 106 valence electrons. The number of aromatic nitrogens is 2. The van der Waals surface area contributed by atoms with Crippen LogP contribution in [0.1, 0.15) is 25.7 Å². The second-order valence-corrected chi connectivity index (χ2v) is 5.23. The van der Waals surface area contributed by atoms with E-state index in [9.17, 15) is 10.1 Å². The number of anilines is 1. The summed E-state index contributed by atoms with van der Waals surface area (Å²) in [7, 11) is 3.58. The Hall–Kier alpha value is -1.63. The molecule has 0 saturated heterocycles. The minimum absolute atomic E-state index is 0.0614. The van der Waals surface area contributed by atoms with Crippen LogP contribution in [0.3, 0.4) is 0 Å². The normalized spacial score (nSPS) is 23.3. The zero-order valence-corrected chi connectivity index (χ0v) is 11.5. The van der Waals surface area contributed by atoms with Crippen molar-refractivity contribution in [3.8, 4) is 0 Å². The van der Waals surface area contributed by atoms with E-state index in [0.29, 0.717) is 18.3 Å². The van der Waals surface area contributed by atoms with Crippen LogP contribution >= 0.6 is 0 Å². The number of aryl methyl sites for hydroxylation is 1. The Kier molecular flexibility index (Phi) is 4.04. The van der Waals surface area contributed by atoms with Crippen molar-refractivity contribution in [3.05, 3.63) is 16.3 Å². The van der Waals surface area contributed by atoms with Gasteiger partial charge >= 0.3 is 5.69 Å². The Morgan fingerprint density at radius 1 is 1.58 bits per heavy atom. The monoisotopic (exact) mass is 267 g/mol. The standard InChI is InChI=1S/C12H21N5O2/c1-15-8-11(17(18)19)12(14-15)16(2)10-6-4-3-5-9(10)7-13/h8-10H,3-7,13H2,1-2H3. The lowest BCUT2D eigenvalue weighted by Gasteiger charge is -2.37.